The zero-order chi connectivity index (χ0) is 14.8. The van der Waals surface area contributed by atoms with Crippen LogP contribution in [-0.2, 0) is 6.42 Å². The van der Waals surface area contributed by atoms with Crippen LogP contribution in [0.1, 0.15) is 36.2 Å². The van der Waals surface area contributed by atoms with Gasteiger partial charge in [-0.3, -0.25) is 9.69 Å². The van der Waals surface area contributed by atoms with Gasteiger partial charge in [0.15, 0.2) is 0 Å². The molecule has 21 heavy (non-hydrogen) atoms. The molecule has 0 unspecified atom stereocenters. The number of rotatable bonds is 2. The Balaban J connectivity index is 1.75. The van der Waals surface area contributed by atoms with Crippen LogP contribution in [0.4, 0.5) is 5.69 Å². The van der Waals surface area contributed by atoms with Crippen LogP contribution in [0.15, 0.2) is 18.2 Å². The molecular formula is C17H25N3O. The van der Waals surface area contributed by atoms with E-state index in [4.69, 9.17) is 0 Å². The van der Waals surface area contributed by atoms with Gasteiger partial charge in [-0.05, 0) is 44.4 Å². The van der Waals surface area contributed by atoms with Crippen LogP contribution in [0.3, 0.4) is 0 Å². The molecule has 3 rings (SSSR count). The minimum atomic E-state index is 0.207. The number of nitrogens with one attached hydrogen (secondary N) is 1. The van der Waals surface area contributed by atoms with E-state index in [0.29, 0.717) is 6.04 Å². The van der Waals surface area contributed by atoms with Gasteiger partial charge in [-0.25, -0.2) is 0 Å². The van der Waals surface area contributed by atoms with Crippen molar-refractivity contribution in [2.75, 3.05) is 38.0 Å². The van der Waals surface area contributed by atoms with Gasteiger partial charge in [0, 0.05) is 50.0 Å². The van der Waals surface area contributed by atoms with Crippen LogP contribution in [0, 0.1) is 0 Å². The molecule has 4 nitrogen and oxygen atoms in total. The zero-order valence-electron chi connectivity index (χ0n) is 13.1. The van der Waals surface area contributed by atoms with Crippen molar-refractivity contribution in [3.05, 3.63) is 29.3 Å². The maximum atomic E-state index is 12.8. The number of fused-ring (bicyclic) bond motifs is 1. The molecule has 1 amide bonds. The van der Waals surface area contributed by atoms with Crippen molar-refractivity contribution in [2.45, 2.75) is 32.7 Å². The van der Waals surface area contributed by atoms with E-state index in [-0.39, 0.29) is 5.91 Å². The molecule has 1 saturated heterocycles. The second kappa shape index (κ2) is 6.06. The van der Waals surface area contributed by atoms with Gasteiger partial charge in [0.2, 0.25) is 0 Å². The average molecular weight is 287 g/mol. The van der Waals surface area contributed by atoms with Gasteiger partial charge in [-0.2, -0.15) is 0 Å². The Hall–Kier alpha value is -1.55. The average Bonchev–Trinajstić information content (AvgIpc) is 2.53. The first-order valence-electron chi connectivity index (χ1n) is 8.06. The number of benzene rings is 1. The van der Waals surface area contributed by atoms with Crippen LogP contribution in [0.2, 0.25) is 0 Å². The van der Waals surface area contributed by atoms with Gasteiger partial charge < -0.3 is 10.2 Å². The first-order chi connectivity index (χ1) is 10.2. The standard InChI is InChI=1S/C17H25N3O/c1-13(2)19-9-11-20(12-10-19)17(21)15-5-3-7-16-14(15)6-4-8-18-16/h3,5,7,13,18H,4,6,8-12H2,1-2H3. The third-order valence-corrected chi connectivity index (χ3v) is 4.66. The molecule has 0 aliphatic carbocycles. The van der Waals surface area contributed by atoms with Crippen molar-refractivity contribution in [2.24, 2.45) is 0 Å². The fourth-order valence-electron chi connectivity index (χ4n) is 3.32. The minimum absolute atomic E-state index is 0.207. The Labute approximate surface area is 127 Å². The van der Waals surface area contributed by atoms with E-state index in [1.165, 1.54) is 5.56 Å². The van der Waals surface area contributed by atoms with E-state index in [2.05, 4.69) is 30.1 Å². The monoisotopic (exact) mass is 287 g/mol. The number of hydrogen-bond donors (Lipinski definition) is 1. The lowest BCUT2D eigenvalue weighted by atomic mass is 9.96. The van der Waals surface area contributed by atoms with E-state index in [9.17, 15) is 4.79 Å². The summed E-state index contributed by atoms with van der Waals surface area (Å²) in [4.78, 5) is 17.3. The third-order valence-electron chi connectivity index (χ3n) is 4.66. The van der Waals surface area contributed by atoms with Crippen LogP contribution in [-0.4, -0.2) is 54.5 Å². The molecule has 1 fully saturated rings. The maximum Gasteiger partial charge on any atom is 0.254 e. The van der Waals surface area contributed by atoms with Crippen LogP contribution in [0.5, 0.6) is 0 Å². The van der Waals surface area contributed by atoms with Gasteiger partial charge >= 0.3 is 0 Å². The molecule has 0 aromatic heterocycles. The van der Waals surface area contributed by atoms with Crippen molar-refractivity contribution >= 4 is 11.6 Å². The van der Waals surface area contributed by atoms with Gasteiger partial charge in [-0.1, -0.05) is 6.07 Å². The van der Waals surface area contributed by atoms with E-state index in [1.807, 2.05) is 17.0 Å². The first-order valence-corrected chi connectivity index (χ1v) is 8.06. The number of carbonyl (C=O) groups is 1. The molecular weight excluding hydrogens is 262 g/mol. The Kier molecular flexibility index (Phi) is 4.15. The summed E-state index contributed by atoms with van der Waals surface area (Å²) < 4.78 is 0. The highest BCUT2D eigenvalue weighted by Crippen LogP contribution is 2.26. The summed E-state index contributed by atoms with van der Waals surface area (Å²) in [5.74, 6) is 0.207. The largest absolute Gasteiger partial charge is 0.385 e. The number of piperazine rings is 1. The van der Waals surface area contributed by atoms with Crippen molar-refractivity contribution in [1.29, 1.82) is 0 Å². The summed E-state index contributed by atoms with van der Waals surface area (Å²) in [5, 5.41) is 3.40. The van der Waals surface area contributed by atoms with Gasteiger partial charge in [0.1, 0.15) is 0 Å². The quantitative estimate of drug-likeness (QED) is 0.906. The van der Waals surface area contributed by atoms with Crippen LogP contribution < -0.4 is 5.32 Å². The summed E-state index contributed by atoms with van der Waals surface area (Å²) in [7, 11) is 0. The van der Waals surface area contributed by atoms with Gasteiger partial charge in [0.05, 0.1) is 0 Å². The normalized spacial score (nSPS) is 19.3. The van der Waals surface area contributed by atoms with Crippen LogP contribution >= 0.6 is 0 Å². The highest BCUT2D eigenvalue weighted by Gasteiger charge is 2.26. The number of amides is 1. The molecule has 0 atom stereocenters. The Morgan fingerprint density at radius 3 is 2.67 bits per heavy atom. The molecule has 0 saturated carbocycles. The topological polar surface area (TPSA) is 35.6 Å². The summed E-state index contributed by atoms with van der Waals surface area (Å²) in [6.45, 7) is 9.10. The zero-order valence-corrected chi connectivity index (χ0v) is 13.1. The Morgan fingerprint density at radius 2 is 1.95 bits per heavy atom. The summed E-state index contributed by atoms with van der Waals surface area (Å²) >= 11 is 0. The second-order valence-electron chi connectivity index (χ2n) is 6.28. The molecule has 1 N–H and O–H groups in total. The summed E-state index contributed by atoms with van der Waals surface area (Å²) in [6.07, 6.45) is 2.12. The van der Waals surface area contributed by atoms with Crippen molar-refractivity contribution in [1.82, 2.24) is 9.80 Å². The number of carbonyl (C=O) groups excluding carboxylic acids is 1. The fourth-order valence-corrected chi connectivity index (χ4v) is 3.32. The maximum absolute atomic E-state index is 12.8. The van der Waals surface area contributed by atoms with E-state index in [0.717, 1.165) is 56.8 Å². The SMILES string of the molecule is CC(C)N1CCN(C(=O)c2cccc3c2CCCN3)CC1. The Bertz CT molecular complexity index is 519. The van der Waals surface area contributed by atoms with Crippen molar-refractivity contribution in [3.8, 4) is 0 Å². The number of hydrogen-bond acceptors (Lipinski definition) is 3. The highest BCUT2D eigenvalue weighted by molar-refractivity contribution is 5.97. The van der Waals surface area contributed by atoms with Crippen LogP contribution in [0.25, 0.3) is 0 Å². The van der Waals surface area contributed by atoms with Gasteiger partial charge in [0.25, 0.3) is 5.91 Å². The lowest BCUT2D eigenvalue weighted by molar-refractivity contribution is 0.0594. The third kappa shape index (κ3) is 2.91. The predicted molar refractivity (Wildman–Crippen MR) is 85.9 cm³/mol. The molecule has 1 aromatic carbocycles. The molecule has 1 aromatic rings. The second-order valence-corrected chi connectivity index (χ2v) is 6.28. The molecule has 0 radical (unpaired) electrons. The van der Waals surface area contributed by atoms with Crippen molar-refractivity contribution in [3.63, 3.8) is 0 Å². The molecule has 114 valence electrons. The van der Waals surface area contributed by atoms with Crippen molar-refractivity contribution < 1.29 is 4.79 Å². The number of nitrogens with zero attached hydrogens (tertiary/aromatic N) is 2. The lowest BCUT2D eigenvalue weighted by Crippen LogP contribution is -2.50. The van der Waals surface area contributed by atoms with E-state index >= 15 is 0 Å². The summed E-state index contributed by atoms with van der Waals surface area (Å²) in [6, 6.07) is 6.63. The Morgan fingerprint density at radius 1 is 1.19 bits per heavy atom. The number of anilines is 1. The smallest absolute Gasteiger partial charge is 0.254 e. The fraction of sp³-hybridized carbons (Fsp3) is 0.588. The molecule has 2 heterocycles. The molecule has 2 aliphatic rings. The molecule has 0 bridgehead atoms. The van der Waals surface area contributed by atoms with E-state index in [1.54, 1.807) is 0 Å². The van der Waals surface area contributed by atoms with E-state index < -0.39 is 0 Å². The first kappa shape index (κ1) is 14.4. The minimum Gasteiger partial charge on any atom is -0.385 e. The molecule has 4 heteroatoms. The molecule has 2 aliphatic heterocycles. The predicted octanol–water partition coefficient (Wildman–Crippen LogP) is 2.21. The van der Waals surface area contributed by atoms with Gasteiger partial charge in [-0.15, -0.1) is 0 Å². The summed E-state index contributed by atoms with van der Waals surface area (Å²) in [5.41, 5.74) is 3.26. The lowest BCUT2D eigenvalue weighted by Gasteiger charge is -2.37. The molecule has 0 spiro atoms. The highest BCUT2D eigenvalue weighted by atomic mass is 16.2.